The fourth-order valence-electron chi connectivity index (χ4n) is 6.97. The van der Waals surface area contributed by atoms with Gasteiger partial charge in [0.05, 0.1) is 30.4 Å². The van der Waals surface area contributed by atoms with Gasteiger partial charge in [0.2, 0.25) is 0 Å². The first-order valence-corrected chi connectivity index (χ1v) is 15.9. The van der Waals surface area contributed by atoms with Crippen LogP contribution < -0.4 is 10.6 Å². The number of fused-ring (bicyclic) bond motifs is 2. The van der Waals surface area contributed by atoms with E-state index in [-0.39, 0.29) is 37.0 Å². The Balaban J connectivity index is 1.19. The second-order valence-electron chi connectivity index (χ2n) is 13.0. The van der Waals surface area contributed by atoms with Crippen molar-refractivity contribution in [3.63, 3.8) is 0 Å². The van der Waals surface area contributed by atoms with E-state index in [1.807, 2.05) is 6.07 Å². The van der Waals surface area contributed by atoms with Crippen LogP contribution in [0.1, 0.15) is 48.0 Å². The highest BCUT2D eigenvalue weighted by Crippen LogP contribution is 2.37. The number of halogens is 1. The Morgan fingerprint density at radius 1 is 1.11 bits per heavy atom. The van der Waals surface area contributed by atoms with Crippen LogP contribution in [0.5, 0.6) is 0 Å². The molecular weight excluding hydrogens is 575 g/mol. The monoisotopic (exact) mass is 616 g/mol. The van der Waals surface area contributed by atoms with Crippen molar-refractivity contribution in [2.75, 3.05) is 45.2 Å². The number of nitrogens with zero attached hydrogens (tertiary/aromatic N) is 7. The number of nitrogens with two attached hydrogens (primary N) is 1. The van der Waals surface area contributed by atoms with Crippen LogP contribution in [0.3, 0.4) is 0 Å². The zero-order chi connectivity index (χ0) is 31.4. The molecule has 3 fully saturated rings. The van der Waals surface area contributed by atoms with Gasteiger partial charge in [0, 0.05) is 62.5 Å². The molecule has 0 aromatic carbocycles. The standard InChI is InChI=1S/C33H41FN8O3/c1-20-27-8-6-23(32(43)40-18-24(34)15-25(35)19-40)17-42(27)37-30(20)28-14-22-7-9-29(36-31(22)41(28)16-21-4-5-21)39-12-10-26(11-13-39)38(2)33(44)45-3/h6-9,14,17,21,24-26H,4-5,10-13,15-16,18-19,35H2,1-3H3/t24-,25-/m1/s1. The number of carbonyl (C=O) groups excluding carboxylic acids is 2. The maximum absolute atomic E-state index is 14.2. The van der Waals surface area contributed by atoms with E-state index >= 15 is 0 Å². The molecule has 1 aliphatic carbocycles. The van der Waals surface area contributed by atoms with Gasteiger partial charge >= 0.3 is 6.09 Å². The number of aryl methyl sites for hydroxylation is 1. The van der Waals surface area contributed by atoms with Gasteiger partial charge in [0.15, 0.2) is 0 Å². The summed E-state index contributed by atoms with van der Waals surface area (Å²) in [6, 6.07) is 9.90. The molecule has 2 amide bonds. The highest BCUT2D eigenvalue weighted by Gasteiger charge is 2.31. The lowest BCUT2D eigenvalue weighted by Crippen LogP contribution is -2.50. The van der Waals surface area contributed by atoms with E-state index in [0.717, 1.165) is 71.8 Å². The van der Waals surface area contributed by atoms with Crippen LogP contribution in [0.15, 0.2) is 36.5 Å². The summed E-state index contributed by atoms with van der Waals surface area (Å²) >= 11 is 0. The van der Waals surface area contributed by atoms with Crippen molar-refractivity contribution in [3.05, 3.63) is 47.7 Å². The summed E-state index contributed by atoms with van der Waals surface area (Å²) < 4.78 is 23.2. The van der Waals surface area contributed by atoms with Crippen molar-refractivity contribution < 1.29 is 18.7 Å². The van der Waals surface area contributed by atoms with Crippen LogP contribution in [-0.2, 0) is 11.3 Å². The Morgan fingerprint density at radius 2 is 1.89 bits per heavy atom. The summed E-state index contributed by atoms with van der Waals surface area (Å²) in [5, 5.41) is 6.05. The van der Waals surface area contributed by atoms with E-state index in [0.29, 0.717) is 18.0 Å². The molecule has 11 nitrogen and oxygen atoms in total. The smallest absolute Gasteiger partial charge is 0.409 e. The Bertz CT molecular complexity index is 1750. The van der Waals surface area contributed by atoms with E-state index < -0.39 is 6.17 Å². The number of hydrogen-bond donors (Lipinski definition) is 1. The molecule has 2 N–H and O–H groups in total. The van der Waals surface area contributed by atoms with Gasteiger partial charge in [0.1, 0.15) is 23.3 Å². The van der Waals surface area contributed by atoms with Crippen LogP contribution in [-0.4, -0.2) is 99.6 Å². The molecule has 4 aromatic heterocycles. The normalized spacial score (nSPS) is 21.1. The third kappa shape index (κ3) is 5.60. The largest absolute Gasteiger partial charge is 0.453 e. The second kappa shape index (κ2) is 11.6. The average Bonchev–Trinajstić information content (AvgIpc) is 3.72. The number of amides is 2. The van der Waals surface area contributed by atoms with Crippen molar-refractivity contribution >= 4 is 34.4 Å². The highest BCUT2D eigenvalue weighted by atomic mass is 19.1. The van der Waals surface area contributed by atoms with Gasteiger partial charge in [-0.25, -0.2) is 18.7 Å². The van der Waals surface area contributed by atoms with Gasteiger partial charge < -0.3 is 29.7 Å². The van der Waals surface area contributed by atoms with Crippen LogP contribution in [0, 0.1) is 12.8 Å². The zero-order valence-corrected chi connectivity index (χ0v) is 26.2. The highest BCUT2D eigenvalue weighted by molar-refractivity contribution is 5.95. The van der Waals surface area contributed by atoms with Crippen molar-refractivity contribution in [3.8, 4) is 11.4 Å². The summed E-state index contributed by atoms with van der Waals surface area (Å²) in [5.41, 5.74) is 11.2. The molecule has 2 aliphatic heterocycles. The first-order valence-electron chi connectivity index (χ1n) is 15.9. The SMILES string of the molecule is COC(=O)N(C)C1CCN(c2ccc3cc(-c4nn5cc(C(=O)N6C[C@H](N)C[C@@H](F)C6)ccc5c4C)n(CC4CC4)c3n2)CC1. The number of rotatable bonds is 6. The van der Waals surface area contributed by atoms with Crippen LogP contribution in [0.4, 0.5) is 15.0 Å². The fourth-order valence-corrected chi connectivity index (χ4v) is 6.97. The number of likely N-dealkylation sites (tertiary alicyclic amines) is 1. The average molecular weight is 617 g/mol. The van der Waals surface area contributed by atoms with E-state index in [2.05, 4.69) is 34.6 Å². The van der Waals surface area contributed by atoms with E-state index in [9.17, 15) is 14.0 Å². The van der Waals surface area contributed by atoms with Crippen LogP contribution in [0.25, 0.3) is 27.9 Å². The Labute approximate surface area is 261 Å². The minimum absolute atomic E-state index is 0.0623. The number of aromatic nitrogens is 4. The number of pyridine rings is 2. The Hall–Kier alpha value is -4.19. The van der Waals surface area contributed by atoms with Gasteiger partial charge in [-0.15, -0.1) is 0 Å². The molecule has 4 aromatic rings. The minimum Gasteiger partial charge on any atom is -0.453 e. The van der Waals surface area contributed by atoms with Crippen molar-refractivity contribution in [1.82, 2.24) is 29.0 Å². The molecule has 238 valence electrons. The molecule has 6 heterocycles. The second-order valence-corrected chi connectivity index (χ2v) is 13.0. The van der Waals surface area contributed by atoms with Crippen molar-refractivity contribution in [2.45, 2.75) is 63.8 Å². The van der Waals surface area contributed by atoms with Gasteiger partial charge in [0.25, 0.3) is 5.91 Å². The van der Waals surface area contributed by atoms with Crippen LogP contribution >= 0.6 is 0 Å². The molecule has 0 unspecified atom stereocenters. The molecule has 0 radical (unpaired) electrons. The molecular formula is C33H41FN8O3. The van der Waals surface area contributed by atoms with Gasteiger partial charge in [-0.05, 0) is 75.3 Å². The maximum atomic E-state index is 14.2. The van der Waals surface area contributed by atoms with Crippen molar-refractivity contribution in [2.24, 2.45) is 11.7 Å². The Morgan fingerprint density at radius 3 is 2.60 bits per heavy atom. The summed E-state index contributed by atoms with van der Waals surface area (Å²) in [7, 11) is 3.22. The first kappa shape index (κ1) is 29.5. The van der Waals surface area contributed by atoms with E-state index in [1.54, 1.807) is 28.7 Å². The lowest BCUT2D eigenvalue weighted by atomic mass is 10.0. The molecule has 0 bridgehead atoms. The van der Waals surface area contributed by atoms with Gasteiger partial charge in [-0.1, -0.05) is 0 Å². The number of methoxy groups -OCH3 is 1. The number of piperidine rings is 2. The zero-order valence-electron chi connectivity index (χ0n) is 26.2. The van der Waals surface area contributed by atoms with Crippen molar-refractivity contribution in [1.29, 1.82) is 0 Å². The third-order valence-corrected chi connectivity index (χ3v) is 9.75. The predicted molar refractivity (Wildman–Crippen MR) is 170 cm³/mol. The lowest BCUT2D eigenvalue weighted by molar-refractivity contribution is 0.0606. The van der Waals surface area contributed by atoms with Gasteiger partial charge in [-0.2, -0.15) is 5.10 Å². The number of anilines is 1. The van der Waals surface area contributed by atoms with Gasteiger partial charge in [-0.3, -0.25) is 4.79 Å². The third-order valence-electron chi connectivity index (χ3n) is 9.75. The number of alkyl halides is 1. The summed E-state index contributed by atoms with van der Waals surface area (Å²) in [5.74, 6) is 1.32. The topological polar surface area (TPSA) is 114 Å². The molecule has 12 heteroatoms. The molecule has 45 heavy (non-hydrogen) atoms. The number of carbonyl (C=O) groups is 2. The lowest BCUT2D eigenvalue weighted by Gasteiger charge is -2.36. The molecule has 7 rings (SSSR count). The van der Waals surface area contributed by atoms with E-state index in [1.165, 1.54) is 24.9 Å². The predicted octanol–water partition coefficient (Wildman–Crippen LogP) is 4.25. The van der Waals surface area contributed by atoms with Crippen LogP contribution in [0.2, 0.25) is 0 Å². The molecule has 3 aliphatic rings. The maximum Gasteiger partial charge on any atom is 0.409 e. The summed E-state index contributed by atoms with van der Waals surface area (Å²) in [6.07, 6.45) is 4.72. The minimum atomic E-state index is -1.11. The molecule has 1 saturated carbocycles. The Kier molecular flexibility index (Phi) is 7.63. The summed E-state index contributed by atoms with van der Waals surface area (Å²) in [4.78, 5) is 36.0. The quantitative estimate of drug-likeness (QED) is 0.345. The number of ether oxygens (including phenoxy) is 1. The molecule has 0 spiro atoms. The fraction of sp³-hybridized carbons (Fsp3) is 0.515. The molecule has 2 atom stereocenters. The summed E-state index contributed by atoms with van der Waals surface area (Å²) in [6.45, 7) is 4.96. The molecule has 2 saturated heterocycles. The number of hydrogen-bond acceptors (Lipinski definition) is 7. The van der Waals surface area contributed by atoms with E-state index in [4.69, 9.17) is 20.6 Å². The first-order chi connectivity index (χ1) is 21.7.